The molecular weight excluding hydrogens is 420 g/mol. The van der Waals surface area contributed by atoms with E-state index in [1.807, 2.05) is 6.07 Å². The van der Waals surface area contributed by atoms with Crippen molar-refractivity contribution in [2.24, 2.45) is 0 Å². The number of carbonyl (C=O) groups excluding carboxylic acids is 2. The van der Waals surface area contributed by atoms with Crippen LogP contribution in [0.2, 0.25) is 0 Å². The van der Waals surface area contributed by atoms with Gasteiger partial charge in [0.1, 0.15) is 0 Å². The number of Topliss-reactive ketones (excluding diaryl/α,β-unsaturated/α-hetero) is 1. The first-order valence-corrected chi connectivity index (χ1v) is 10.4. The summed E-state index contributed by atoms with van der Waals surface area (Å²) in [6, 6.07) is 21.9. The summed E-state index contributed by atoms with van der Waals surface area (Å²) in [6.07, 6.45) is 0. The fourth-order valence-electron chi connectivity index (χ4n) is 3.06. The molecule has 31 heavy (non-hydrogen) atoms. The maximum Gasteiger partial charge on any atom is 0.321 e. The number of aromatic nitrogens is 2. The smallest absolute Gasteiger partial charge is 0.321 e. The van der Waals surface area contributed by atoms with Crippen molar-refractivity contribution in [3.05, 3.63) is 90.0 Å². The number of para-hydroxylation sites is 2. The zero-order valence-electron chi connectivity index (χ0n) is 16.2. The molecule has 0 aliphatic rings. The Hall–Kier alpha value is -3.52. The lowest BCUT2D eigenvalue weighted by atomic mass is 10.1. The van der Waals surface area contributed by atoms with Gasteiger partial charge >= 0.3 is 6.55 Å². The van der Waals surface area contributed by atoms with Crippen LogP contribution in [0.5, 0.6) is 0 Å². The van der Waals surface area contributed by atoms with Crippen molar-refractivity contribution in [2.75, 3.05) is 11.1 Å². The van der Waals surface area contributed by atoms with Gasteiger partial charge in [-0.05, 0) is 48.5 Å². The molecule has 0 atom stereocenters. The highest BCUT2D eigenvalue weighted by Crippen LogP contribution is 2.29. The summed E-state index contributed by atoms with van der Waals surface area (Å²) < 4.78 is 27.8. The number of rotatable bonds is 7. The Balaban J connectivity index is 1.42. The molecule has 1 heterocycles. The van der Waals surface area contributed by atoms with Crippen LogP contribution in [0.1, 0.15) is 27.3 Å². The zero-order chi connectivity index (χ0) is 21.8. The third kappa shape index (κ3) is 4.64. The third-order valence-electron chi connectivity index (χ3n) is 4.59. The molecule has 1 aromatic heterocycles. The van der Waals surface area contributed by atoms with Crippen molar-refractivity contribution in [3.8, 4) is 0 Å². The predicted octanol–water partition coefficient (Wildman–Crippen LogP) is 5.66. The van der Waals surface area contributed by atoms with Crippen molar-refractivity contribution in [2.45, 2.75) is 11.7 Å². The summed E-state index contributed by atoms with van der Waals surface area (Å²) in [6.45, 7) is -2.75. The van der Waals surface area contributed by atoms with E-state index in [1.165, 1.54) is 0 Å². The topological polar surface area (TPSA) is 64.0 Å². The van der Waals surface area contributed by atoms with Gasteiger partial charge in [0.15, 0.2) is 10.9 Å². The van der Waals surface area contributed by atoms with E-state index in [0.29, 0.717) is 27.8 Å². The fourth-order valence-corrected chi connectivity index (χ4v) is 3.97. The Labute approximate surface area is 181 Å². The van der Waals surface area contributed by atoms with E-state index in [2.05, 4.69) is 10.3 Å². The number of nitrogens with one attached hydrogen (secondary N) is 1. The van der Waals surface area contributed by atoms with Gasteiger partial charge in [0, 0.05) is 16.8 Å². The summed E-state index contributed by atoms with van der Waals surface area (Å²) in [5, 5.41) is 2.86. The molecule has 0 spiro atoms. The molecular formula is C23H17F2N3O2S. The van der Waals surface area contributed by atoms with E-state index in [1.54, 1.807) is 72.8 Å². The van der Waals surface area contributed by atoms with Crippen molar-refractivity contribution < 1.29 is 18.4 Å². The number of ketones is 1. The summed E-state index contributed by atoms with van der Waals surface area (Å²) in [4.78, 5) is 29.0. The highest BCUT2D eigenvalue weighted by Gasteiger charge is 2.19. The number of nitrogens with zero attached hydrogens (tertiary/aromatic N) is 2. The Morgan fingerprint density at radius 1 is 0.903 bits per heavy atom. The van der Waals surface area contributed by atoms with Gasteiger partial charge < -0.3 is 5.32 Å². The Morgan fingerprint density at radius 3 is 2.29 bits per heavy atom. The average Bonchev–Trinajstić information content (AvgIpc) is 3.17. The van der Waals surface area contributed by atoms with Gasteiger partial charge in [0.25, 0.3) is 5.91 Å². The number of amides is 1. The van der Waals surface area contributed by atoms with Gasteiger partial charge in [-0.2, -0.15) is 8.78 Å². The van der Waals surface area contributed by atoms with Crippen LogP contribution in [-0.2, 0) is 0 Å². The summed E-state index contributed by atoms with van der Waals surface area (Å²) in [5.74, 6) is -0.508. The second kappa shape index (κ2) is 9.09. The largest absolute Gasteiger partial charge is 0.322 e. The van der Waals surface area contributed by atoms with Gasteiger partial charge in [0.2, 0.25) is 0 Å². The van der Waals surface area contributed by atoms with Crippen LogP contribution < -0.4 is 5.32 Å². The Morgan fingerprint density at radius 2 is 1.58 bits per heavy atom. The lowest BCUT2D eigenvalue weighted by Crippen LogP contribution is -2.12. The lowest BCUT2D eigenvalue weighted by molar-refractivity contribution is 0.0655. The van der Waals surface area contributed by atoms with Crippen LogP contribution in [0.4, 0.5) is 14.5 Å². The average molecular weight is 437 g/mol. The van der Waals surface area contributed by atoms with Crippen LogP contribution in [0.15, 0.2) is 84.0 Å². The quantitative estimate of drug-likeness (QED) is 0.299. The minimum Gasteiger partial charge on any atom is -0.322 e. The van der Waals surface area contributed by atoms with Crippen molar-refractivity contribution >= 4 is 40.2 Å². The predicted molar refractivity (Wildman–Crippen MR) is 117 cm³/mol. The van der Waals surface area contributed by atoms with E-state index < -0.39 is 6.55 Å². The molecule has 0 aliphatic heterocycles. The van der Waals surface area contributed by atoms with Gasteiger partial charge in [0.05, 0.1) is 16.8 Å². The molecule has 8 heteroatoms. The molecule has 3 aromatic carbocycles. The van der Waals surface area contributed by atoms with Crippen LogP contribution >= 0.6 is 11.8 Å². The van der Waals surface area contributed by atoms with Crippen molar-refractivity contribution in [3.63, 3.8) is 0 Å². The highest BCUT2D eigenvalue weighted by atomic mass is 32.2. The van der Waals surface area contributed by atoms with Crippen molar-refractivity contribution in [1.29, 1.82) is 0 Å². The molecule has 0 unspecified atom stereocenters. The first-order chi connectivity index (χ1) is 15.0. The van der Waals surface area contributed by atoms with E-state index >= 15 is 0 Å². The summed E-state index contributed by atoms with van der Waals surface area (Å²) >= 11 is 0.969. The summed E-state index contributed by atoms with van der Waals surface area (Å²) in [5.41, 5.74) is 2.28. The van der Waals surface area contributed by atoms with Crippen LogP contribution in [0.25, 0.3) is 11.0 Å². The third-order valence-corrected chi connectivity index (χ3v) is 5.54. The van der Waals surface area contributed by atoms with E-state index in [9.17, 15) is 18.4 Å². The molecule has 0 bridgehead atoms. The van der Waals surface area contributed by atoms with E-state index in [0.717, 1.165) is 16.3 Å². The second-order valence-corrected chi connectivity index (χ2v) is 7.58. The van der Waals surface area contributed by atoms with Gasteiger partial charge in [-0.15, -0.1) is 0 Å². The normalized spacial score (nSPS) is 11.1. The molecule has 0 saturated heterocycles. The van der Waals surface area contributed by atoms with Gasteiger partial charge in [-0.3, -0.25) is 14.2 Å². The molecule has 156 valence electrons. The number of carbonyl (C=O) groups is 2. The van der Waals surface area contributed by atoms with Crippen LogP contribution in [0.3, 0.4) is 0 Å². The second-order valence-electron chi connectivity index (χ2n) is 6.64. The van der Waals surface area contributed by atoms with E-state index in [-0.39, 0.29) is 22.6 Å². The number of halogens is 2. The maximum atomic E-state index is 13.5. The van der Waals surface area contributed by atoms with Crippen LogP contribution in [0, 0.1) is 0 Å². The molecule has 0 saturated carbocycles. The zero-order valence-corrected chi connectivity index (χ0v) is 17.0. The van der Waals surface area contributed by atoms with Crippen LogP contribution in [-0.4, -0.2) is 27.0 Å². The first kappa shape index (κ1) is 20.7. The van der Waals surface area contributed by atoms with Gasteiger partial charge in [-0.25, -0.2) is 4.98 Å². The molecule has 0 aliphatic carbocycles. The fraction of sp³-hybridized carbons (Fsp3) is 0.0870. The molecule has 0 fully saturated rings. The number of benzene rings is 3. The lowest BCUT2D eigenvalue weighted by Gasteiger charge is -2.08. The van der Waals surface area contributed by atoms with Gasteiger partial charge in [-0.1, -0.05) is 42.1 Å². The number of alkyl halides is 2. The number of fused-ring (bicyclic) bond motifs is 1. The minimum atomic E-state index is -2.75. The highest BCUT2D eigenvalue weighted by molar-refractivity contribution is 7.99. The SMILES string of the molecule is O=C(CSc1nc2ccccc2n1C(F)F)c1ccc(NC(=O)c2ccccc2)cc1. The number of thioether (sulfide) groups is 1. The molecule has 1 amide bonds. The summed E-state index contributed by atoms with van der Waals surface area (Å²) in [7, 11) is 0. The van der Waals surface area contributed by atoms with E-state index in [4.69, 9.17) is 0 Å². The van der Waals surface area contributed by atoms with Crippen molar-refractivity contribution in [1.82, 2.24) is 9.55 Å². The number of anilines is 1. The standard InChI is InChI=1S/C23H17F2N3O2S/c24-22(25)28-19-9-5-4-8-18(19)27-23(28)31-14-20(29)15-10-12-17(13-11-15)26-21(30)16-6-2-1-3-7-16/h1-13,22H,14H2,(H,26,30). The first-order valence-electron chi connectivity index (χ1n) is 9.40. The maximum absolute atomic E-state index is 13.5. The minimum absolute atomic E-state index is 0.0359. The number of hydrogen-bond donors (Lipinski definition) is 1. The number of hydrogen-bond acceptors (Lipinski definition) is 4. The number of imidazole rings is 1. The monoisotopic (exact) mass is 437 g/mol. The molecule has 0 radical (unpaired) electrons. The molecule has 5 nitrogen and oxygen atoms in total. The Kier molecular flexibility index (Phi) is 6.08. The Bertz CT molecular complexity index is 1220. The molecule has 1 N–H and O–H groups in total. The molecule has 4 aromatic rings. The molecule has 4 rings (SSSR count).